The van der Waals surface area contributed by atoms with Gasteiger partial charge in [0.25, 0.3) is 0 Å². The number of rotatable bonds is 2. The third kappa shape index (κ3) is 9.35. The van der Waals surface area contributed by atoms with Crippen LogP contribution in [-0.4, -0.2) is 11.9 Å². The van der Waals surface area contributed by atoms with Gasteiger partial charge in [0.15, 0.2) is 0 Å². The van der Waals surface area contributed by atoms with Gasteiger partial charge in [-0.25, -0.2) is 9.59 Å². The van der Waals surface area contributed by atoms with E-state index in [2.05, 4.69) is 17.9 Å². The van der Waals surface area contributed by atoms with Gasteiger partial charge in [0.1, 0.15) is 0 Å². The van der Waals surface area contributed by atoms with Crippen molar-refractivity contribution in [3.63, 3.8) is 0 Å². The maximum atomic E-state index is 10.5. The van der Waals surface area contributed by atoms with Crippen molar-refractivity contribution in [1.29, 1.82) is 0 Å². The molecule has 0 radical (unpaired) electrons. The number of hydrogen-bond acceptors (Lipinski definition) is 3. The molecule has 0 amide bonds. The van der Waals surface area contributed by atoms with Crippen LogP contribution in [0.1, 0.15) is 9.78 Å². The van der Waals surface area contributed by atoms with E-state index in [-0.39, 0.29) is 89.4 Å². The molecule has 0 atom stereocenters. The fourth-order valence-corrected chi connectivity index (χ4v) is 0.220. The van der Waals surface area contributed by atoms with Crippen LogP contribution in [0.3, 0.4) is 0 Å². The van der Waals surface area contributed by atoms with E-state index in [1.54, 1.807) is 0 Å². The summed E-state index contributed by atoms with van der Waals surface area (Å²) in [5, 5.41) is 0. The Balaban J connectivity index is -0.0000000675. The quantitative estimate of drug-likeness (QED) is 0.196. The van der Waals surface area contributed by atoms with E-state index < -0.39 is 11.9 Å². The Morgan fingerprint density at radius 1 is 1.50 bits per heavy atom. The largest absolute Gasteiger partial charge is 1.00 e. The Hall–Kier alpha value is 1.26. The predicted molar refractivity (Wildman–Crippen MR) is 38.3 cm³/mol. The standard InChI is InChI=1S/C7H8O3.K.Na.2H/c1-4-6(8)10-7(9)5(2)3;;;;/h4H,1-2H2,3H3;;;;/q;2*+1;2*-1. The van der Waals surface area contributed by atoms with Crippen LogP contribution in [0.15, 0.2) is 24.8 Å². The van der Waals surface area contributed by atoms with E-state index in [1.165, 1.54) is 6.92 Å². The molecule has 0 fully saturated rings. The van der Waals surface area contributed by atoms with Gasteiger partial charge in [0.2, 0.25) is 0 Å². The predicted octanol–water partition coefficient (Wildman–Crippen LogP) is -4.95. The minimum Gasteiger partial charge on any atom is -1.00 e. The first-order valence-electron chi connectivity index (χ1n) is 2.62. The Bertz CT molecular complexity index is 209. The van der Waals surface area contributed by atoms with Crippen LogP contribution in [0.5, 0.6) is 0 Å². The SMILES string of the molecule is C=CC(=O)OC(=O)C(=C)C.[H-].[H-].[K+].[Na+]. The second-order valence-corrected chi connectivity index (χ2v) is 1.69. The van der Waals surface area contributed by atoms with Crippen molar-refractivity contribution in [3.8, 4) is 0 Å². The average Bonchev–Trinajstić information content (AvgIpc) is 1.87. The van der Waals surface area contributed by atoms with E-state index in [9.17, 15) is 9.59 Å². The zero-order valence-electron chi connectivity index (χ0n) is 9.72. The topological polar surface area (TPSA) is 43.4 Å². The van der Waals surface area contributed by atoms with Gasteiger partial charge < -0.3 is 7.59 Å². The molecule has 0 heterocycles. The van der Waals surface area contributed by atoms with Gasteiger partial charge >= 0.3 is 92.9 Å². The molecule has 0 rings (SSSR count). The molecule has 0 saturated heterocycles. The molecule has 0 saturated carbocycles. The molecule has 0 aromatic heterocycles. The van der Waals surface area contributed by atoms with E-state index in [1.807, 2.05) is 0 Å². The van der Waals surface area contributed by atoms with Crippen molar-refractivity contribution in [2.24, 2.45) is 0 Å². The Morgan fingerprint density at radius 2 is 1.92 bits per heavy atom. The summed E-state index contributed by atoms with van der Waals surface area (Å²) in [7, 11) is 0. The maximum absolute atomic E-state index is 10.5. The molecule has 58 valence electrons. The summed E-state index contributed by atoms with van der Waals surface area (Å²) in [6, 6.07) is 0. The van der Waals surface area contributed by atoms with Crippen molar-refractivity contribution in [1.82, 2.24) is 0 Å². The summed E-state index contributed by atoms with van der Waals surface area (Å²) in [6.07, 6.45) is 0.918. The molecule has 5 heteroatoms. The molecule has 12 heavy (non-hydrogen) atoms. The molecule has 0 N–H and O–H groups in total. The van der Waals surface area contributed by atoms with Gasteiger partial charge in [-0.05, 0) is 6.92 Å². The van der Waals surface area contributed by atoms with Gasteiger partial charge in [-0.15, -0.1) is 0 Å². The molecular formula is C7H10KNaO3. The molecular weight excluding hydrogens is 194 g/mol. The van der Waals surface area contributed by atoms with Gasteiger partial charge in [-0.3, -0.25) is 0 Å². The minimum absolute atomic E-state index is 0. The second-order valence-electron chi connectivity index (χ2n) is 1.69. The Kier molecular flexibility index (Phi) is 16.3. The smallest absolute Gasteiger partial charge is 1.00 e. The molecule has 0 aliphatic heterocycles. The molecule has 0 aliphatic rings. The van der Waals surface area contributed by atoms with E-state index in [4.69, 9.17) is 0 Å². The summed E-state index contributed by atoms with van der Waals surface area (Å²) in [6.45, 7) is 7.85. The van der Waals surface area contributed by atoms with Gasteiger partial charge in [0, 0.05) is 11.6 Å². The number of carbonyl (C=O) groups is 2. The fourth-order valence-electron chi connectivity index (χ4n) is 0.220. The summed E-state index contributed by atoms with van der Waals surface area (Å²) in [5.74, 6) is -1.47. The molecule has 0 bridgehead atoms. The zero-order valence-corrected chi connectivity index (χ0v) is 12.8. The number of hydrogen-bond donors (Lipinski definition) is 0. The van der Waals surface area contributed by atoms with Crippen LogP contribution < -0.4 is 80.9 Å². The summed E-state index contributed by atoms with van der Waals surface area (Å²) in [4.78, 5) is 20.8. The van der Waals surface area contributed by atoms with Crippen molar-refractivity contribution in [2.75, 3.05) is 0 Å². The summed E-state index contributed by atoms with van der Waals surface area (Å²) < 4.78 is 4.17. The van der Waals surface area contributed by atoms with E-state index >= 15 is 0 Å². The number of esters is 2. The van der Waals surface area contributed by atoms with Gasteiger partial charge in [-0.1, -0.05) is 13.2 Å². The van der Waals surface area contributed by atoms with Crippen LogP contribution in [-0.2, 0) is 14.3 Å². The first-order valence-corrected chi connectivity index (χ1v) is 2.62. The van der Waals surface area contributed by atoms with Crippen LogP contribution in [0.25, 0.3) is 0 Å². The molecule has 0 aliphatic carbocycles. The normalized spacial score (nSPS) is 6.75. The van der Waals surface area contributed by atoms with E-state index in [0.717, 1.165) is 6.08 Å². The van der Waals surface area contributed by atoms with Crippen molar-refractivity contribution >= 4 is 11.9 Å². The fraction of sp³-hybridized carbons (Fsp3) is 0.143. The Labute approximate surface area is 139 Å². The molecule has 3 nitrogen and oxygen atoms in total. The molecule has 0 unspecified atom stereocenters. The molecule has 0 aromatic carbocycles. The number of ether oxygens (including phenoxy) is 1. The maximum Gasteiger partial charge on any atom is 1.00 e. The summed E-state index contributed by atoms with van der Waals surface area (Å²) >= 11 is 0. The first-order chi connectivity index (χ1) is 4.57. The third-order valence-electron chi connectivity index (χ3n) is 0.708. The minimum atomic E-state index is -0.756. The molecule has 0 aromatic rings. The van der Waals surface area contributed by atoms with Crippen LogP contribution in [0, 0.1) is 0 Å². The van der Waals surface area contributed by atoms with Crippen molar-refractivity contribution in [3.05, 3.63) is 24.8 Å². The van der Waals surface area contributed by atoms with Gasteiger partial charge in [-0.2, -0.15) is 0 Å². The van der Waals surface area contributed by atoms with E-state index in [0.29, 0.717) is 0 Å². The monoisotopic (exact) mass is 204 g/mol. The van der Waals surface area contributed by atoms with Crippen molar-refractivity contribution < 1.29 is 98.1 Å². The van der Waals surface area contributed by atoms with Crippen LogP contribution >= 0.6 is 0 Å². The third-order valence-corrected chi connectivity index (χ3v) is 0.708. The number of carbonyl (C=O) groups excluding carboxylic acids is 2. The summed E-state index contributed by atoms with van der Waals surface area (Å²) in [5.41, 5.74) is 0.190. The van der Waals surface area contributed by atoms with Gasteiger partial charge in [0.05, 0.1) is 0 Å². The second kappa shape index (κ2) is 10.3. The zero-order chi connectivity index (χ0) is 8.15. The first kappa shape index (κ1) is 18.9. The average molecular weight is 204 g/mol. The van der Waals surface area contributed by atoms with Crippen molar-refractivity contribution in [2.45, 2.75) is 6.92 Å². The van der Waals surface area contributed by atoms with Crippen LogP contribution in [0.2, 0.25) is 0 Å². The van der Waals surface area contributed by atoms with Crippen LogP contribution in [0.4, 0.5) is 0 Å². The Morgan fingerprint density at radius 3 is 2.17 bits per heavy atom. The molecule has 0 spiro atoms.